The summed E-state index contributed by atoms with van der Waals surface area (Å²) in [7, 11) is 0. The van der Waals surface area contributed by atoms with Crippen LogP contribution < -0.4 is 0 Å². The van der Waals surface area contributed by atoms with Crippen molar-refractivity contribution in [2.24, 2.45) is 0 Å². The van der Waals surface area contributed by atoms with Gasteiger partial charge < -0.3 is 20.4 Å². The van der Waals surface area contributed by atoms with Crippen LogP contribution in [0.5, 0.6) is 5.75 Å². The lowest BCUT2D eigenvalue weighted by Gasteiger charge is -1.92. The zero-order valence-electron chi connectivity index (χ0n) is 7.42. The number of carbonyl (C=O) groups is 1. The number of carboxylic acids is 1. The lowest BCUT2D eigenvalue weighted by molar-refractivity contribution is 0.0697. The maximum atomic E-state index is 10.2. The van der Waals surface area contributed by atoms with Crippen LogP contribution in [0.15, 0.2) is 24.3 Å². The molecule has 5 heteroatoms. The molecule has 0 aromatic heterocycles. The van der Waals surface area contributed by atoms with E-state index in [9.17, 15) is 4.79 Å². The largest absolute Gasteiger partial charge is 0.508 e. The molecular formula is C9H12O5. The highest BCUT2D eigenvalue weighted by molar-refractivity contribution is 5.87. The molecule has 0 radical (unpaired) electrons. The molecule has 0 aliphatic carbocycles. The van der Waals surface area contributed by atoms with Gasteiger partial charge in [-0.15, -0.1) is 0 Å². The Bertz CT molecular complexity index is 265. The van der Waals surface area contributed by atoms with Gasteiger partial charge in [-0.3, -0.25) is 0 Å². The number of phenols is 1. The quantitative estimate of drug-likeness (QED) is 0.541. The van der Waals surface area contributed by atoms with Gasteiger partial charge in [-0.25, -0.2) is 4.79 Å². The van der Waals surface area contributed by atoms with Crippen LogP contribution in [0.1, 0.15) is 10.4 Å². The average molecular weight is 200 g/mol. The van der Waals surface area contributed by atoms with E-state index in [1.165, 1.54) is 24.3 Å². The third-order valence-electron chi connectivity index (χ3n) is 1.21. The molecule has 0 unspecified atom stereocenters. The zero-order valence-corrected chi connectivity index (χ0v) is 7.42. The van der Waals surface area contributed by atoms with Crippen molar-refractivity contribution in [3.05, 3.63) is 29.8 Å². The van der Waals surface area contributed by atoms with Gasteiger partial charge >= 0.3 is 5.97 Å². The summed E-state index contributed by atoms with van der Waals surface area (Å²) in [6.45, 7) is -0.250. The van der Waals surface area contributed by atoms with Crippen LogP contribution in [0.3, 0.4) is 0 Å². The summed E-state index contributed by atoms with van der Waals surface area (Å²) in [5.41, 5.74) is 0.179. The molecule has 0 atom stereocenters. The van der Waals surface area contributed by atoms with Crippen LogP contribution in [0.2, 0.25) is 0 Å². The number of aromatic hydroxyl groups is 1. The van der Waals surface area contributed by atoms with Crippen molar-refractivity contribution >= 4 is 5.97 Å². The maximum Gasteiger partial charge on any atom is 0.335 e. The van der Waals surface area contributed by atoms with Crippen molar-refractivity contribution in [2.75, 3.05) is 13.2 Å². The molecule has 0 fully saturated rings. The summed E-state index contributed by atoms with van der Waals surface area (Å²) >= 11 is 0. The molecule has 0 heterocycles. The van der Waals surface area contributed by atoms with E-state index in [0.29, 0.717) is 0 Å². The van der Waals surface area contributed by atoms with Crippen molar-refractivity contribution in [2.45, 2.75) is 0 Å². The molecule has 4 N–H and O–H groups in total. The van der Waals surface area contributed by atoms with Gasteiger partial charge in [0.1, 0.15) is 5.75 Å². The first-order chi connectivity index (χ1) is 6.61. The van der Waals surface area contributed by atoms with Crippen LogP contribution in [0.4, 0.5) is 0 Å². The lowest BCUT2D eigenvalue weighted by atomic mass is 10.2. The monoisotopic (exact) mass is 200 g/mol. The van der Waals surface area contributed by atoms with Gasteiger partial charge in [0, 0.05) is 0 Å². The molecule has 0 saturated heterocycles. The number of aliphatic hydroxyl groups excluding tert-OH is 2. The summed E-state index contributed by atoms with van der Waals surface area (Å²) in [6.07, 6.45) is 0. The van der Waals surface area contributed by atoms with E-state index < -0.39 is 5.97 Å². The molecule has 1 aromatic rings. The molecule has 5 nitrogen and oxygen atoms in total. The predicted octanol–water partition coefficient (Wildman–Crippen LogP) is 0.0614. The Morgan fingerprint density at radius 1 is 1.07 bits per heavy atom. The number of carboxylic acid groups (broad SMARTS) is 1. The highest BCUT2D eigenvalue weighted by Crippen LogP contribution is 2.08. The minimum absolute atomic E-state index is 0.0741. The number of aromatic carboxylic acids is 1. The second-order valence-corrected chi connectivity index (χ2v) is 2.30. The summed E-state index contributed by atoms with van der Waals surface area (Å²) in [4.78, 5) is 10.2. The lowest BCUT2D eigenvalue weighted by Crippen LogP contribution is -1.93. The first-order valence-corrected chi connectivity index (χ1v) is 3.86. The summed E-state index contributed by atoms with van der Waals surface area (Å²) in [5, 5.41) is 32.4. The highest BCUT2D eigenvalue weighted by Gasteiger charge is 1.99. The van der Waals surface area contributed by atoms with Gasteiger partial charge in [-0.1, -0.05) is 0 Å². The van der Waals surface area contributed by atoms with Gasteiger partial charge in [0.25, 0.3) is 0 Å². The van der Waals surface area contributed by atoms with Gasteiger partial charge in [-0.05, 0) is 24.3 Å². The van der Waals surface area contributed by atoms with Crippen LogP contribution >= 0.6 is 0 Å². The Hall–Kier alpha value is -1.59. The zero-order chi connectivity index (χ0) is 11.0. The fraction of sp³-hybridized carbons (Fsp3) is 0.222. The second-order valence-electron chi connectivity index (χ2n) is 2.30. The molecule has 1 aromatic carbocycles. The topological polar surface area (TPSA) is 98.0 Å². The number of hydrogen-bond donors (Lipinski definition) is 4. The Morgan fingerprint density at radius 3 is 1.79 bits per heavy atom. The molecule has 0 bridgehead atoms. The second kappa shape index (κ2) is 6.88. The fourth-order valence-electron chi connectivity index (χ4n) is 0.604. The molecule has 1 rings (SSSR count). The average Bonchev–Trinajstić information content (AvgIpc) is 2.19. The minimum atomic E-state index is -0.986. The number of hydrogen-bond acceptors (Lipinski definition) is 4. The first-order valence-electron chi connectivity index (χ1n) is 3.86. The minimum Gasteiger partial charge on any atom is -0.508 e. The number of rotatable bonds is 2. The smallest absolute Gasteiger partial charge is 0.335 e. The fourth-order valence-corrected chi connectivity index (χ4v) is 0.604. The summed E-state index contributed by atoms with van der Waals surface area (Å²) < 4.78 is 0. The number of aliphatic hydroxyl groups is 2. The first kappa shape index (κ1) is 12.4. The maximum absolute atomic E-state index is 10.2. The molecule has 78 valence electrons. The Kier molecular flexibility index (Phi) is 6.09. The summed E-state index contributed by atoms with van der Waals surface area (Å²) in [6, 6.07) is 5.36. The number of benzene rings is 1. The van der Waals surface area contributed by atoms with E-state index >= 15 is 0 Å². The Labute approximate surface area is 80.9 Å². The van der Waals surface area contributed by atoms with E-state index in [0.717, 1.165) is 0 Å². The van der Waals surface area contributed by atoms with E-state index in [1.54, 1.807) is 0 Å². The molecule has 0 aliphatic rings. The van der Waals surface area contributed by atoms with Crippen molar-refractivity contribution < 1.29 is 25.2 Å². The van der Waals surface area contributed by atoms with Crippen LogP contribution in [0, 0.1) is 0 Å². The van der Waals surface area contributed by atoms with Crippen molar-refractivity contribution in [3.8, 4) is 5.75 Å². The van der Waals surface area contributed by atoms with E-state index in [4.69, 9.17) is 20.4 Å². The molecule has 0 amide bonds. The molecule has 0 spiro atoms. The van der Waals surface area contributed by atoms with Gasteiger partial charge in [-0.2, -0.15) is 0 Å². The van der Waals surface area contributed by atoms with Crippen LogP contribution in [-0.4, -0.2) is 39.6 Å². The third kappa shape index (κ3) is 5.13. The van der Waals surface area contributed by atoms with Crippen LogP contribution in [-0.2, 0) is 0 Å². The Balaban J connectivity index is 0.000000364. The standard InChI is InChI=1S/C7H6O3.C2H6O2/c8-6-3-1-5(2-4-6)7(9)10;3-1-2-4/h1-4,8H,(H,9,10);3-4H,1-2H2. The third-order valence-corrected chi connectivity index (χ3v) is 1.21. The molecule has 14 heavy (non-hydrogen) atoms. The van der Waals surface area contributed by atoms with E-state index in [1.807, 2.05) is 0 Å². The van der Waals surface area contributed by atoms with E-state index in [2.05, 4.69) is 0 Å². The molecular weight excluding hydrogens is 188 g/mol. The van der Waals surface area contributed by atoms with E-state index in [-0.39, 0.29) is 24.5 Å². The van der Waals surface area contributed by atoms with Crippen molar-refractivity contribution in [1.29, 1.82) is 0 Å². The normalized spacial score (nSPS) is 8.71. The highest BCUT2D eigenvalue weighted by atomic mass is 16.4. The van der Waals surface area contributed by atoms with Crippen molar-refractivity contribution in [1.82, 2.24) is 0 Å². The Morgan fingerprint density at radius 2 is 1.50 bits per heavy atom. The van der Waals surface area contributed by atoms with Gasteiger partial charge in [0.05, 0.1) is 18.8 Å². The van der Waals surface area contributed by atoms with Gasteiger partial charge in [0.2, 0.25) is 0 Å². The molecule has 0 saturated carbocycles. The van der Waals surface area contributed by atoms with Gasteiger partial charge in [0.15, 0.2) is 0 Å². The van der Waals surface area contributed by atoms with Crippen LogP contribution in [0.25, 0.3) is 0 Å². The van der Waals surface area contributed by atoms with Crippen molar-refractivity contribution in [3.63, 3.8) is 0 Å². The predicted molar refractivity (Wildman–Crippen MR) is 49.2 cm³/mol. The SMILES string of the molecule is O=C(O)c1ccc(O)cc1.OCCO. The molecule has 0 aliphatic heterocycles. The summed E-state index contributed by atoms with van der Waals surface area (Å²) in [5.74, 6) is -0.912. The number of phenolic OH excluding ortho intramolecular Hbond substituents is 1.